The molecule has 2 unspecified atom stereocenters. The van der Waals surface area contributed by atoms with Gasteiger partial charge in [0.05, 0.1) is 15.4 Å². The minimum Gasteiger partial charge on any atom is -0.393 e. The van der Waals surface area contributed by atoms with Crippen LogP contribution in [-0.2, 0) is 0 Å². The monoisotopic (exact) mass is 466 g/mol. The Kier molecular flexibility index (Phi) is 6.51. The number of thiocarbonyl (C=S) groups is 2. The zero-order valence-electron chi connectivity index (χ0n) is 10.1. The smallest absolute Gasteiger partial charge is 0.172 e. The van der Waals surface area contributed by atoms with Crippen molar-refractivity contribution in [1.29, 1.82) is 0 Å². The summed E-state index contributed by atoms with van der Waals surface area (Å²) in [5.41, 5.74) is 8.46. The molecule has 116 valence electrons. The van der Waals surface area contributed by atoms with Crippen LogP contribution >= 0.6 is 56.3 Å². The quantitative estimate of drug-likeness (QED) is 0.299. The van der Waals surface area contributed by atoms with Gasteiger partial charge >= 0.3 is 0 Å². The first-order valence-corrected chi connectivity index (χ1v) is 7.96. The van der Waals surface area contributed by atoms with Gasteiger partial charge in [0.15, 0.2) is 23.3 Å². The summed E-state index contributed by atoms with van der Waals surface area (Å²) < 4.78 is 55.6. The Morgan fingerprint density at radius 1 is 0.952 bits per heavy atom. The fourth-order valence-electron chi connectivity index (χ4n) is 1.58. The van der Waals surface area contributed by atoms with Crippen LogP contribution < -0.4 is 11.5 Å². The second kappa shape index (κ2) is 7.30. The van der Waals surface area contributed by atoms with Crippen LogP contribution in [0, 0.1) is 23.3 Å². The molecule has 0 amide bonds. The van der Waals surface area contributed by atoms with Gasteiger partial charge in [-0.25, -0.2) is 17.6 Å². The van der Waals surface area contributed by atoms with Gasteiger partial charge in [-0.15, -0.1) is 0 Å². The fourth-order valence-corrected chi connectivity index (χ4v) is 3.36. The van der Waals surface area contributed by atoms with Crippen LogP contribution in [0.2, 0.25) is 0 Å². The molecule has 0 saturated heterocycles. The zero-order chi connectivity index (χ0) is 16.5. The molecule has 2 atom stereocenters. The molecular formula is C11H8Br2F4N2S2. The van der Waals surface area contributed by atoms with Crippen molar-refractivity contribution in [3.63, 3.8) is 0 Å². The summed E-state index contributed by atoms with van der Waals surface area (Å²) in [4.78, 5) is -2.49. The molecule has 0 radical (unpaired) electrons. The minimum atomic E-state index is -1.64. The van der Waals surface area contributed by atoms with E-state index in [0.29, 0.717) is 0 Å². The molecule has 0 aromatic heterocycles. The Hall–Kier alpha value is -0.320. The van der Waals surface area contributed by atoms with E-state index < -0.39 is 49.0 Å². The average Bonchev–Trinajstić information content (AvgIpc) is 2.35. The van der Waals surface area contributed by atoms with Crippen molar-refractivity contribution in [3.8, 4) is 0 Å². The molecule has 0 heterocycles. The van der Waals surface area contributed by atoms with Crippen molar-refractivity contribution >= 4 is 66.3 Å². The first-order valence-electron chi connectivity index (χ1n) is 5.31. The summed E-state index contributed by atoms with van der Waals surface area (Å²) in [5.74, 6) is -6.44. The molecule has 0 aliphatic heterocycles. The summed E-state index contributed by atoms with van der Waals surface area (Å²) in [6, 6.07) is 0. The standard InChI is InChI=1S/C11H8Br2F4N2S2/c12-2(1-3(18)20)6(13)4-7(14)9(16)5(11(19)21)10(17)8(4)15/h2,6H,1H2,(H2,18,20)(H2,19,21). The molecule has 0 spiro atoms. The number of hydrogen-bond acceptors (Lipinski definition) is 2. The third kappa shape index (κ3) is 3.91. The second-order valence-corrected chi connectivity index (χ2v) is 7.12. The van der Waals surface area contributed by atoms with Gasteiger partial charge in [-0.2, -0.15) is 0 Å². The highest BCUT2D eigenvalue weighted by Gasteiger charge is 2.32. The summed E-state index contributed by atoms with van der Waals surface area (Å²) in [6.45, 7) is 0. The normalized spacial score (nSPS) is 13.8. The first-order chi connectivity index (χ1) is 9.59. The van der Waals surface area contributed by atoms with Crippen LogP contribution in [0.5, 0.6) is 0 Å². The van der Waals surface area contributed by atoms with Gasteiger partial charge in [0.25, 0.3) is 0 Å². The topological polar surface area (TPSA) is 52.0 Å². The molecule has 0 aliphatic rings. The van der Waals surface area contributed by atoms with Gasteiger partial charge in [0, 0.05) is 16.8 Å². The summed E-state index contributed by atoms with van der Waals surface area (Å²) >= 11 is 15.1. The summed E-state index contributed by atoms with van der Waals surface area (Å²) in [6.07, 6.45) is 0.0599. The molecule has 10 heteroatoms. The van der Waals surface area contributed by atoms with Crippen molar-refractivity contribution in [3.05, 3.63) is 34.4 Å². The lowest BCUT2D eigenvalue weighted by molar-refractivity contribution is 0.436. The minimum absolute atomic E-state index is 0.0599. The van der Waals surface area contributed by atoms with Crippen molar-refractivity contribution in [1.82, 2.24) is 0 Å². The molecule has 2 nitrogen and oxygen atoms in total. The van der Waals surface area contributed by atoms with E-state index in [1.54, 1.807) is 0 Å². The fraction of sp³-hybridized carbons (Fsp3) is 0.273. The van der Waals surface area contributed by atoms with Gasteiger partial charge in [-0.3, -0.25) is 0 Å². The lowest BCUT2D eigenvalue weighted by Gasteiger charge is -2.19. The number of alkyl halides is 2. The number of halogens is 6. The Bertz CT molecular complexity index is 583. The van der Waals surface area contributed by atoms with Crippen LogP contribution in [0.15, 0.2) is 0 Å². The lowest BCUT2D eigenvalue weighted by atomic mass is 10.0. The van der Waals surface area contributed by atoms with Gasteiger partial charge < -0.3 is 11.5 Å². The first kappa shape index (κ1) is 18.7. The van der Waals surface area contributed by atoms with Gasteiger partial charge in [0.1, 0.15) is 4.99 Å². The molecule has 4 N–H and O–H groups in total. The third-order valence-electron chi connectivity index (χ3n) is 2.53. The molecule has 21 heavy (non-hydrogen) atoms. The molecular weight excluding hydrogens is 460 g/mol. The molecule has 0 aliphatic carbocycles. The Balaban J connectivity index is 3.45. The second-order valence-electron chi connectivity index (χ2n) is 4.00. The number of hydrogen-bond donors (Lipinski definition) is 2. The van der Waals surface area contributed by atoms with Gasteiger partial charge in [-0.05, 0) is 0 Å². The van der Waals surface area contributed by atoms with E-state index in [1.807, 2.05) is 0 Å². The highest BCUT2D eigenvalue weighted by atomic mass is 79.9. The maximum absolute atomic E-state index is 14.0. The van der Waals surface area contributed by atoms with Crippen LogP contribution in [0.3, 0.4) is 0 Å². The van der Waals surface area contributed by atoms with Crippen molar-refractivity contribution in [2.45, 2.75) is 16.1 Å². The van der Waals surface area contributed by atoms with Crippen molar-refractivity contribution < 1.29 is 17.6 Å². The molecule has 1 aromatic rings. The van der Waals surface area contributed by atoms with E-state index >= 15 is 0 Å². The highest BCUT2D eigenvalue weighted by Crippen LogP contribution is 2.38. The zero-order valence-corrected chi connectivity index (χ0v) is 14.9. The molecule has 0 saturated carbocycles. The van der Waals surface area contributed by atoms with Crippen LogP contribution in [0.25, 0.3) is 0 Å². The summed E-state index contributed by atoms with van der Waals surface area (Å²) in [5, 5.41) is 0. The molecule has 1 rings (SSSR count). The predicted molar refractivity (Wildman–Crippen MR) is 87.9 cm³/mol. The maximum Gasteiger partial charge on any atom is 0.172 e. The molecule has 0 bridgehead atoms. The largest absolute Gasteiger partial charge is 0.393 e. The SMILES string of the molecule is NC(=S)CC(Br)C(Br)c1c(F)c(F)c(C(N)=S)c(F)c1F. The van der Waals surface area contributed by atoms with Gasteiger partial charge in [-0.1, -0.05) is 56.3 Å². The summed E-state index contributed by atoms with van der Waals surface area (Å²) in [7, 11) is 0. The Morgan fingerprint density at radius 3 is 1.71 bits per heavy atom. The van der Waals surface area contributed by atoms with Crippen LogP contribution in [0.1, 0.15) is 22.4 Å². The average molecular weight is 468 g/mol. The van der Waals surface area contributed by atoms with Crippen LogP contribution in [0.4, 0.5) is 17.6 Å². The number of benzene rings is 1. The van der Waals surface area contributed by atoms with Crippen molar-refractivity contribution in [2.75, 3.05) is 0 Å². The van der Waals surface area contributed by atoms with E-state index in [-0.39, 0.29) is 11.4 Å². The van der Waals surface area contributed by atoms with Crippen LogP contribution in [-0.4, -0.2) is 14.8 Å². The molecule has 0 fully saturated rings. The van der Waals surface area contributed by atoms with Crippen molar-refractivity contribution in [2.24, 2.45) is 11.5 Å². The van der Waals surface area contributed by atoms with E-state index in [9.17, 15) is 17.6 Å². The highest BCUT2D eigenvalue weighted by molar-refractivity contribution is 9.12. The Labute approximate surface area is 145 Å². The Morgan fingerprint density at radius 2 is 1.38 bits per heavy atom. The molecule has 1 aromatic carbocycles. The lowest BCUT2D eigenvalue weighted by Crippen LogP contribution is -2.22. The number of nitrogens with two attached hydrogens (primary N) is 2. The third-order valence-corrected chi connectivity index (χ3v) is 5.56. The predicted octanol–water partition coefficient (Wildman–Crippen LogP) is 3.75. The number of rotatable bonds is 5. The van der Waals surface area contributed by atoms with E-state index in [4.69, 9.17) is 11.5 Å². The maximum atomic E-state index is 14.0. The van der Waals surface area contributed by atoms with E-state index in [2.05, 4.69) is 56.3 Å². The van der Waals surface area contributed by atoms with E-state index in [0.717, 1.165) is 0 Å². The van der Waals surface area contributed by atoms with Gasteiger partial charge in [0.2, 0.25) is 0 Å². The van der Waals surface area contributed by atoms with E-state index in [1.165, 1.54) is 0 Å².